The van der Waals surface area contributed by atoms with Crippen LogP contribution in [0.4, 0.5) is 0 Å². The van der Waals surface area contributed by atoms with Crippen molar-refractivity contribution < 1.29 is 5.11 Å². The molecule has 23 heavy (non-hydrogen) atoms. The van der Waals surface area contributed by atoms with Crippen molar-refractivity contribution in [3.05, 3.63) is 30.2 Å². The van der Waals surface area contributed by atoms with Crippen molar-refractivity contribution >= 4 is 11.6 Å². The molecule has 2 aromatic heterocycles. The van der Waals surface area contributed by atoms with Gasteiger partial charge in [-0.1, -0.05) is 19.9 Å². The van der Waals surface area contributed by atoms with Crippen molar-refractivity contribution in [2.24, 2.45) is 4.99 Å². The van der Waals surface area contributed by atoms with Crippen molar-refractivity contribution in [3.63, 3.8) is 0 Å². The van der Waals surface area contributed by atoms with Crippen molar-refractivity contribution in [1.29, 1.82) is 0 Å². The molecule has 3 N–H and O–H groups in total. The number of nitrogens with one attached hydrogen (secondary N) is 2. The topological polar surface area (TPSA) is 86.8 Å². The van der Waals surface area contributed by atoms with Gasteiger partial charge in [0.05, 0.1) is 5.60 Å². The van der Waals surface area contributed by atoms with E-state index in [0.29, 0.717) is 31.9 Å². The van der Waals surface area contributed by atoms with Gasteiger partial charge in [-0.2, -0.15) is 0 Å². The summed E-state index contributed by atoms with van der Waals surface area (Å²) in [5.41, 5.74) is 0.0968. The molecule has 0 amide bonds. The first-order valence-electron chi connectivity index (χ1n) is 8.15. The molecule has 2 rings (SSSR count). The van der Waals surface area contributed by atoms with Gasteiger partial charge in [-0.3, -0.25) is 4.40 Å². The molecule has 0 spiro atoms. The van der Waals surface area contributed by atoms with Gasteiger partial charge in [0.1, 0.15) is 6.54 Å². The van der Waals surface area contributed by atoms with Crippen LogP contribution in [0.5, 0.6) is 0 Å². The van der Waals surface area contributed by atoms with Crippen molar-refractivity contribution in [2.75, 3.05) is 13.1 Å². The van der Waals surface area contributed by atoms with Crippen LogP contribution in [0.25, 0.3) is 5.65 Å². The van der Waals surface area contributed by atoms with E-state index in [-0.39, 0.29) is 0 Å². The maximum atomic E-state index is 10.4. The first kappa shape index (κ1) is 17.2. The van der Waals surface area contributed by atoms with Gasteiger partial charge in [-0.25, -0.2) is 4.99 Å². The Kier molecular flexibility index (Phi) is 5.92. The van der Waals surface area contributed by atoms with E-state index in [1.807, 2.05) is 49.6 Å². The summed E-state index contributed by atoms with van der Waals surface area (Å²) < 4.78 is 1.92. The Labute approximate surface area is 136 Å². The van der Waals surface area contributed by atoms with Gasteiger partial charge >= 0.3 is 0 Å². The van der Waals surface area contributed by atoms with Gasteiger partial charge in [0, 0.05) is 19.3 Å². The standard InChI is InChI=1S/C16H26N6O/c1-4-16(23,5-2)12-19-15(17-6-3)18-11-14-21-20-13-9-7-8-10-22(13)14/h7-10,23H,4-6,11-12H2,1-3H3,(H2,17,18,19). The normalized spacial score (nSPS) is 12.6. The molecule has 0 aliphatic rings. The van der Waals surface area contributed by atoms with E-state index >= 15 is 0 Å². The maximum absolute atomic E-state index is 10.4. The molecule has 0 aliphatic heterocycles. The Morgan fingerprint density at radius 3 is 2.70 bits per heavy atom. The van der Waals surface area contributed by atoms with Crippen LogP contribution in [0.3, 0.4) is 0 Å². The average molecular weight is 318 g/mol. The van der Waals surface area contributed by atoms with Crippen LogP contribution in [-0.4, -0.2) is 44.4 Å². The number of nitrogens with zero attached hydrogens (tertiary/aromatic N) is 4. The molecule has 0 saturated carbocycles. The van der Waals surface area contributed by atoms with Crippen LogP contribution in [0.2, 0.25) is 0 Å². The highest BCUT2D eigenvalue weighted by atomic mass is 16.3. The predicted molar refractivity (Wildman–Crippen MR) is 91.3 cm³/mol. The Bertz CT molecular complexity index is 647. The number of hydrogen-bond donors (Lipinski definition) is 3. The fourth-order valence-electron chi connectivity index (χ4n) is 2.24. The molecular formula is C16H26N6O. The van der Waals surface area contributed by atoms with Crippen molar-refractivity contribution in [2.45, 2.75) is 45.8 Å². The number of aromatic nitrogens is 3. The molecular weight excluding hydrogens is 292 g/mol. The lowest BCUT2D eigenvalue weighted by atomic mass is 9.98. The number of guanidine groups is 1. The summed E-state index contributed by atoms with van der Waals surface area (Å²) >= 11 is 0. The van der Waals surface area contributed by atoms with E-state index in [1.54, 1.807) is 0 Å². The van der Waals surface area contributed by atoms with Crippen LogP contribution in [-0.2, 0) is 6.54 Å². The lowest BCUT2D eigenvalue weighted by molar-refractivity contribution is 0.0367. The van der Waals surface area contributed by atoms with Gasteiger partial charge in [-0.15, -0.1) is 10.2 Å². The number of pyridine rings is 1. The van der Waals surface area contributed by atoms with Gasteiger partial charge in [-0.05, 0) is 31.9 Å². The summed E-state index contributed by atoms with van der Waals surface area (Å²) in [6.07, 6.45) is 3.32. The van der Waals surface area contributed by atoms with Crippen LogP contribution >= 0.6 is 0 Å². The molecule has 0 saturated heterocycles. The Balaban J connectivity index is 2.06. The number of aliphatic hydroxyl groups is 1. The lowest BCUT2D eigenvalue weighted by Crippen LogP contribution is -2.46. The second kappa shape index (κ2) is 7.92. The van der Waals surface area contributed by atoms with Crippen LogP contribution in [0.1, 0.15) is 39.4 Å². The maximum Gasteiger partial charge on any atom is 0.191 e. The van der Waals surface area contributed by atoms with Gasteiger partial charge < -0.3 is 15.7 Å². The first-order chi connectivity index (χ1) is 11.1. The molecule has 0 aliphatic carbocycles. The third-order valence-corrected chi connectivity index (χ3v) is 4.01. The summed E-state index contributed by atoms with van der Waals surface area (Å²) in [7, 11) is 0. The molecule has 0 fully saturated rings. The molecule has 7 nitrogen and oxygen atoms in total. The zero-order valence-electron chi connectivity index (χ0n) is 14.1. The molecule has 126 valence electrons. The van der Waals surface area contributed by atoms with E-state index in [9.17, 15) is 5.11 Å². The molecule has 2 heterocycles. The highest BCUT2D eigenvalue weighted by molar-refractivity contribution is 5.79. The highest BCUT2D eigenvalue weighted by Crippen LogP contribution is 2.12. The largest absolute Gasteiger partial charge is 0.388 e. The molecule has 2 aromatic rings. The third kappa shape index (κ3) is 4.41. The first-order valence-corrected chi connectivity index (χ1v) is 8.15. The SMILES string of the molecule is CCNC(=NCc1nnc2ccccn12)NCC(O)(CC)CC. The van der Waals surface area contributed by atoms with Crippen LogP contribution in [0.15, 0.2) is 29.4 Å². The summed E-state index contributed by atoms with van der Waals surface area (Å²) in [5.74, 6) is 1.44. The van der Waals surface area contributed by atoms with E-state index < -0.39 is 5.60 Å². The fraction of sp³-hybridized carbons (Fsp3) is 0.562. The summed E-state index contributed by atoms with van der Waals surface area (Å²) in [6, 6.07) is 5.78. The van der Waals surface area contributed by atoms with Crippen molar-refractivity contribution in [3.8, 4) is 0 Å². The smallest absolute Gasteiger partial charge is 0.191 e. The minimum Gasteiger partial charge on any atom is -0.388 e. The van der Waals surface area contributed by atoms with Gasteiger partial charge in [0.15, 0.2) is 17.4 Å². The fourth-order valence-corrected chi connectivity index (χ4v) is 2.24. The molecule has 0 aromatic carbocycles. The second-order valence-corrected chi connectivity index (χ2v) is 5.53. The summed E-state index contributed by atoms with van der Waals surface area (Å²) in [4.78, 5) is 4.54. The second-order valence-electron chi connectivity index (χ2n) is 5.53. The third-order valence-electron chi connectivity index (χ3n) is 4.01. The van der Waals surface area contributed by atoms with Crippen LogP contribution in [0, 0.1) is 0 Å². The molecule has 0 radical (unpaired) electrons. The monoisotopic (exact) mass is 318 g/mol. The number of hydrogen-bond acceptors (Lipinski definition) is 4. The molecule has 0 unspecified atom stereocenters. The molecule has 7 heteroatoms. The van der Waals surface area contributed by atoms with E-state index in [2.05, 4.69) is 25.8 Å². The van der Waals surface area contributed by atoms with Gasteiger partial charge in [0.25, 0.3) is 0 Å². The minimum absolute atomic E-state index is 0.414. The molecule has 0 bridgehead atoms. The van der Waals surface area contributed by atoms with E-state index in [0.717, 1.165) is 18.0 Å². The minimum atomic E-state index is -0.711. The van der Waals surface area contributed by atoms with Crippen molar-refractivity contribution in [1.82, 2.24) is 25.2 Å². The zero-order valence-corrected chi connectivity index (χ0v) is 14.1. The molecule has 0 atom stereocenters. The quantitative estimate of drug-likeness (QED) is 0.530. The highest BCUT2D eigenvalue weighted by Gasteiger charge is 2.22. The Morgan fingerprint density at radius 1 is 1.22 bits per heavy atom. The van der Waals surface area contributed by atoms with Crippen LogP contribution < -0.4 is 10.6 Å². The summed E-state index contributed by atoms with van der Waals surface area (Å²) in [5, 5.41) is 25.0. The average Bonchev–Trinajstić information content (AvgIpc) is 3.00. The summed E-state index contributed by atoms with van der Waals surface area (Å²) in [6.45, 7) is 7.61. The van der Waals surface area contributed by atoms with E-state index in [4.69, 9.17) is 0 Å². The predicted octanol–water partition coefficient (Wildman–Crippen LogP) is 1.34. The van der Waals surface area contributed by atoms with Gasteiger partial charge in [0.2, 0.25) is 0 Å². The number of rotatable bonds is 7. The number of aliphatic imine (C=N–C) groups is 1. The number of fused-ring (bicyclic) bond motifs is 1. The lowest BCUT2D eigenvalue weighted by Gasteiger charge is -2.26. The zero-order chi connectivity index (χ0) is 16.7. The van der Waals surface area contributed by atoms with E-state index in [1.165, 1.54) is 0 Å². The Morgan fingerprint density at radius 2 is 2.00 bits per heavy atom. The Hall–Kier alpha value is -2.15.